The summed E-state index contributed by atoms with van der Waals surface area (Å²) in [5.41, 5.74) is 1.16. The molecule has 3 aromatic rings. The monoisotopic (exact) mass is 465 g/mol. The van der Waals surface area contributed by atoms with Gasteiger partial charge in [0.2, 0.25) is 5.43 Å². The van der Waals surface area contributed by atoms with Gasteiger partial charge in [0.05, 0.1) is 10.7 Å². The van der Waals surface area contributed by atoms with E-state index in [0.717, 1.165) is 3.57 Å². The highest BCUT2D eigenvalue weighted by Gasteiger charge is 2.16. The molecular weight excluding hydrogens is 453 g/mol. The third-order valence-corrected chi connectivity index (χ3v) is 4.48. The minimum absolute atomic E-state index is 0.190. The number of carbonyl (C=O) groups excluding carboxylic acids is 1. The predicted molar refractivity (Wildman–Crippen MR) is 107 cm³/mol. The molecule has 1 N–H and O–H groups in total. The van der Waals surface area contributed by atoms with Crippen LogP contribution in [0.3, 0.4) is 0 Å². The Morgan fingerprint density at radius 2 is 1.92 bits per heavy atom. The van der Waals surface area contributed by atoms with Crippen LogP contribution in [0.2, 0.25) is 5.02 Å². The molecule has 0 atom stereocenters. The minimum Gasteiger partial charge on any atom is -0.320 e. The molecular formula is C18H13ClIN3O2. The van der Waals surface area contributed by atoms with Gasteiger partial charge in [-0.25, -0.2) is 4.68 Å². The summed E-state index contributed by atoms with van der Waals surface area (Å²) in [6.07, 6.45) is 0. The number of anilines is 1. The van der Waals surface area contributed by atoms with E-state index < -0.39 is 11.3 Å². The number of hydrogen-bond acceptors (Lipinski definition) is 3. The van der Waals surface area contributed by atoms with Crippen LogP contribution in [0.5, 0.6) is 0 Å². The summed E-state index contributed by atoms with van der Waals surface area (Å²) < 4.78 is 2.47. The molecule has 0 aliphatic heterocycles. The Morgan fingerprint density at radius 3 is 2.64 bits per heavy atom. The Bertz CT molecular complexity index is 1020. The maximum atomic E-state index is 12.5. The maximum absolute atomic E-state index is 12.5. The molecule has 2 aromatic carbocycles. The Balaban J connectivity index is 2.02. The lowest BCUT2D eigenvalue weighted by atomic mass is 10.2. The SMILES string of the molecule is Cc1cc(=O)c(C(=O)Nc2cccc(I)c2)nn1-c1ccccc1Cl. The molecule has 0 saturated heterocycles. The minimum atomic E-state index is -0.562. The summed E-state index contributed by atoms with van der Waals surface area (Å²) in [6, 6.07) is 15.8. The van der Waals surface area contributed by atoms with Gasteiger partial charge >= 0.3 is 0 Å². The zero-order valence-corrected chi connectivity index (χ0v) is 16.1. The highest BCUT2D eigenvalue weighted by Crippen LogP contribution is 2.20. The van der Waals surface area contributed by atoms with E-state index in [2.05, 4.69) is 33.0 Å². The van der Waals surface area contributed by atoms with Crippen molar-refractivity contribution in [3.8, 4) is 5.69 Å². The van der Waals surface area contributed by atoms with Crippen molar-refractivity contribution < 1.29 is 4.79 Å². The third kappa shape index (κ3) is 3.91. The molecule has 126 valence electrons. The Kier molecular flexibility index (Phi) is 5.19. The molecule has 0 spiro atoms. The van der Waals surface area contributed by atoms with Crippen LogP contribution in [0, 0.1) is 10.5 Å². The van der Waals surface area contributed by atoms with Gasteiger partial charge < -0.3 is 5.32 Å². The van der Waals surface area contributed by atoms with Gasteiger partial charge in [-0.3, -0.25) is 9.59 Å². The van der Waals surface area contributed by atoms with Gasteiger partial charge in [0, 0.05) is 21.0 Å². The van der Waals surface area contributed by atoms with Crippen LogP contribution in [0.1, 0.15) is 16.2 Å². The number of hydrogen-bond donors (Lipinski definition) is 1. The molecule has 1 heterocycles. The molecule has 0 radical (unpaired) electrons. The fraction of sp³-hybridized carbons (Fsp3) is 0.0556. The van der Waals surface area contributed by atoms with Crippen molar-refractivity contribution in [2.75, 3.05) is 5.32 Å². The van der Waals surface area contributed by atoms with Gasteiger partial charge in [-0.2, -0.15) is 5.10 Å². The van der Waals surface area contributed by atoms with Crippen LogP contribution >= 0.6 is 34.2 Å². The molecule has 0 bridgehead atoms. The number of para-hydroxylation sites is 1. The van der Waals surface area contributed by atoms with Crippen molar-refractivity contribution >= 4 is 45.8 Å². The fourth-order valence-corrected chi connectivity index (χ4v) is 3.09. The Hall–Kier alpha value is -2.19. The van der Waals surface area contributed by atoms with Crippen LogP contribution in [-0.4, -0.2) is 15.7 Å². The molecule has 5 nitrogen and oxygen atoms in total. The first-order valence-electron chi connectivity index (χ1n) is 7.38. The van der Waals surface area contributed by atoms with Crippen LogP contribution in [-0.2, 0) is 0 Å². The zero-order chi connectivity index (χ0) is 18.0. The van der Waals surface area contributed by atoms with Crippen molar-refractivity contribution in [1.82, 2.24) is 9.78 Å². The average molecular weight is 466 g/mol. The molecule has 0 saturated carbocycles. The molecule has 1 aromatic heterocycles. The predicted octanol–water partition coefficient (Wildman–Crippen LogP) is 4.05. The van der Waals surface area contributed by atoms with Crippen LogP contribution < -0.4 is 10.7 Å². The topological polar surface area (TPSA) is 64.0 Å². The van der Waals surface area contributed by atoms with Crippen molar-refractivity contribution in [3.05, 3.63) is 84.8 Å². The second-order valence-corrected chi connectivity index (χ2v) is 6.98. The van der Waals surface area contributed by atoms with Crippen LogP contribution in [0.15, 0.2) is 59.4 Å². The smallest absolute Gasteiger partial charge is 0.280 e. The van der Waals surface area contributed by atoms with Gasteiger partial charge in [0.1, 0.15) is 0 Å². The summed E-state index contributed by atoms with van der Waals surface area (Å²) in [4.78, 5) is 24.7. The molecule has 3 rings (SSSR count). The number of aryl methyl sites for hydroxylation is 1. The molecule has 1 amide bonds. The molecule has 25 heavy (non-hydrogen) atoms. The first-order chi connectivity index (χ1) is 12.0. The summed E-state index contributed by atoms with van der Waals surface area (Å²) in [5, 5.41) is 7.40. The number of amides is 1. The first kappa shape index (κ1) is 17.6. The average Bonchev–Trinajstić information content (AvgIpc) is 2.56. The van der Waals surface area contributed by atoms with Crippen LogP contribution in [0.25, 0.3) is 5.69 Å². The van der Waals surface area contributed by atoms with E-state index in [-0.39, 0.29) is 5.69 Å². The molecule has 7 heteroatoms. The normalized spacial score (nSPS) is 10.5. The van der Waals surface area contributed by atoms with E-state index in [1.807, 2.05) is 18.2 Å². The van der Waals surface area contributed by atoms with Gasteiger partial charge in [0.15, 0.2) is 5.69 Å². The summed E-state index contributed by atoms with van der Waals surface area (Å²) >= 11 is 8.36. The standard InChI is InChI=1S/C18H13ClIN3O2/c1-11-9-16(24)17(18(25)21-13-6-4-5-12(20)10-13)22-23(11)15-8-3-2-7-14(15)19/h2-10H,1H3,(H,21,25). The Morgan fingerprint density at radius 1 is 1.16 bits per heavy atom. The van der Waals surface area contributed by atoms with Gasteiger partial charge in [-0.15, -0.1) is 0 Å². The largest absolute Gasteiger partial charge is 0.320 e. The maximum Gasteiger partial charge on any atom is 0.280 e. The van der Waals surface area contributed by atoms with E-state index in [9.17, 15) is 9.59 Å². The first-order valence-corrected chi connectivity index (χ1v) is 8.84. The number of aromatic nitrogens is 2. The summed E-state index contributed by atoms with van der Waals surface area (Å²) in [5.74, 6) is -0.562. The number of benzene rings is 2. The van der Waals surface area contributed by atoms with Gasteiger partial charge in [-0.05, 0) is 59.8 Å². The van der Waals surface area contributed by atoms with E-state index in [4.69, 9.17) is 11.6 Å². The summed E-state index contributed by atoms with van der Waals surface area (Å²) in [6.45, 7) is 1.74. The molecule has 0 aliphatic carbocycles. The van der Waals surface area contributed by atoms with E-state index in [0.29, 0.717) is 22.1 Å². The lowest BCUT2D eigenvalue weighted by Crippen LogP contribution is -2.27. The second-order valence-electron chi connectivity index (χ2n) is 5.33. The fourth-order valence-electron chi connectivity index (χ4n) is 2.33. The number of carbonyl (C=O) groups is 1. The molecule has 0 unspecified atom stereocenters. The van der Waals surface area contributed by atoms with Crippen molar-refractivity contribution in [1.29, 1.82) is 0 Å². The zero-order valence-electron chi connectivity index (χ0n) is 13.2. The van der Waals surface area contributed by atoms with E-state index >= 15 is 0 Å². The number of halogens is 2. The second kappa shape index (κ2) is 7.37. The van der Waals surface area contributed by atoms with Crippen LogP contribution in [0.4, 0.5) is 5.69 Å². The number of nitrogens with zero attached hydrogens (tertiary/aromatic N) is 2. The summed E-state index contributed by atoms with van der Waals surface area (Å²) in [7, 11) is 0. The highest BCUT2D eigenvalue weighted by molar-refractivity contribution is 14.1. The van der Waals surface area contributed by atoms with Crippen molar-refractivity contribution in [3.63, 3.8) is 0 Å². The lowest BCUT2D eigenvalue weighted by molar-refractivity contribution is 0.101. The highest BCUT2D eigenvalue weighted by atomic mass is 127. The lowest BCUT2D eigenvalue weighted by Gasteiger charge is -2.12. The quantitative estimate of drug-likeness (QED) is 0.594. The van der Waals surface area contributed by atoms with Gasteiger partial charge in [0.25, 0.3) is 5.91 Å². The van der Waals surface area contributed by atoms with Gasteiger partial charge in [-0.1, -0.05) is 29.8 Å². The number of rotatable bonds is 3. The van der Waals surface area contributed by atoms with E-state index in [1.165, 1.54) is 10.7 Å². The third-order valence-electron chi connectivity index (χ3n) is 3.49. The number of nitrogens with one attached hydrogen (secondary N) is 1. The van der Waals surface area contributed by atoms with Crippen molar-refractivity contribution in [2.24, 2.45) is 0 Å². The molecule has 0 fully saturated rings. The van der Waals surface area contributed by atoms with Crippen molar-refractivity contribution in [2.45, 2.75) is 6.92 Å². The van der Waals surface area contributed by atoms with E-state index in [1.54, 1.807) is 37.3 Å². The Labute approximate surface area is 162 Å². The molecule has 0 aliphatic rings.